The summed E-state index contributed by atoms with van der Waals surface area (Å²) in [5.41, 5.74) is 7.16. The van der Waals surface area contributed by atoms with Crippen molar-refractivity contribution in [3.63, 3.8) is 0 Å². The Labute approximate surface area is 486 Å². The summed E-state index contributed by atoms with van der Waals surface area (Å²) in [5, 5.41) is 105. The van der Waals surface area contributed by atoms with Gasteiger partial charge in [-0.25, -0.2) is 0 Å². The third kappa shape index (κ3) is 17.3. The van der Waals surface area contributed by atoms with E-state index in [-0.39, 0.29) is 44.7 Å². The lowest BCUT2D eigenvalue weighted by Gasteiger charge is -2.49. The van der Waals surface area contributed by atoms with Crippen LogP contribution in [0.15, 0.2) is 0 Å². The molecule has 41 heteroatoms. The van der Waals surface area contributed by atoms with Crippen LogP contribution in [0.1, 0.15) is 40.0 Å². The van der Waals surface area contributed by atoms with Crippen molar-refractivity contribution in [3.05, 3.63) is 0 Å². The molecule has 27 atom stereocenters. The fourth-order valence-electron chi connectivity index (χ4n) is 10.9. The van der Waals surface area contributed by atoms with Gasteiger partial charge in [-0.15, -0.1) is 0 Å². The van der Waals surface area contributed by atoms with Gasteiger partial charge in [-0.3, -0.25) is 20.7 Å². The van der Waals surface area contributed by atoms with E-state index in [4.69, 9.17) is 123 Å². The molecule has 0 spiro atoms. The standard InChI is InChI=1S/C40H80B3N8O24P3S3/c1-14-40(58,34(72-35-27(48-4)31(56)28(53)18(9-52)70-35)36(66-14)71-33-26(51-38(46)47)29(54)25(50-37(44)45)30(55)32(33)57)39(2,3)49-13-65-78(61,81)75-17-8-24(43)69-21(17)12-64-77(60,80)74-16-7-23(42)68-20(16)11-63-76(59,79)73-15-6-22(41)67-19(15)10-62-5/h14-36,48-49,52-58H,6-13,41-43H2,1-5H3,(H,59,79)(H,60,80)(H,61,81)(H4,44,45,50)(H4,46,47,51). The molecule has 32 nitrogen and oxygen atoms in total. The number of aliphatic hydroxyl groups excluding tert-OH is 6. The predicted octanol–water partition coefficient (Wildman–Crippen LogP) is -8.87. The van der Waals surface area contributed by atoms with Gasteiger partial charge in [-0.1, -0.05) is 0 Å². The molecular formula is C40H80B3N8O24P3S3. The first-order valence-electron chi connectivity index (χ1n) is 26.1. The first-order chi connectivity index (χ1) is 37.7. The molecule has 1 saturated carbocycles. The van der Waals surface area contributed by atoms with Crippen LogP contribution in [0.2, 0.25) is 0 Å². The van der Waals surface area contributed by atoms with Gasteiger partial charge in [0.2, 0.25) is 0 Å². The molecular weight excluding hydrogens is 1200 g/mol. The molecule has 6 fully saturated rings. The van der Waals surface area contributed by atoms with Crippen molar-refractivity contribution in [2.75, 3.05) is 47.3 Å². The highest BCUT2D eigenvalue weighted by molar-refractivity contribution is 8.07. The van der Waals surface area contributed by atoms with E-state index in [0.29, 0.717) is 6.42 Å². The highest BCUT2D eigenvalue weighted by atomic mass is 32.5. The maximum Gasteiger partial charge on any atom is 0.326 e. The van der Waals surface area contributed by atoms with Gasteiger partial charge in [0.15, 0.2) is 24.5 Å². The van der Waals surface area contributed by atoms with Crippen LogP contribution in [-0.4, -0.2) is 285 Å². The Morgan fingerprint density at radius 1 is 0.654 bits per heavy atom. The molecule has 0 radical (unpaired) electrons. The van der Waals surface area contributed by atoms with Crippen LogP contribution < -0.4 is 32.7 Å². The Balaban J connectivity index is 1.12. The molecule has 6 rings (SSSR count). The van der Waals surface area contributed by atoms with Crippen LogP contribution in [0, 0.1) is 10.8 Å². The van der Waals surface area contributed by atoms with Gasteiger partial charge in [0, 0.05) is 30.7 Å². The van der Waals surface area contributed by atoms with Crippen LogP contribution in [-0.2, 0) is 100 Å². The summed E-state index contributed by atoms with van der Waals surface area (Å²) in [6.07, 6.45) is -22.2. The molecule has 20 N–H and O–H groups in total. The molecule has 5 aliphatic heterocycles. The molecule has 0 amide bonds. The van der Waals surface area contributed by atoms with E-state index in [0.717, 1.165) is 0 Å². The second-order valence-electron chi connectivity index (χ2n) is 21.4. The topological polar surface area (TPSA) is 479 Å². The quantitative estimate of drug-likeness (QED) is 0.0119. The minimum Gasteiger partial charge on any atom is -0.394 e. The molecule has 81 heavy (non-hydrogen) atoms. The van der Waals surface area contributed by atoms with Crippen LogP contribution >= 0.6 is 20.2 Å². The molecule has 5 heterocycles. The zero-order chi connectivity index (χ0) is 60.3. The fraction of sp³-hybridized carbons (Fsp3) is 0.950. The summed E-state index contributed by atoms with van der Waals surface area (Å²) < 4.78 is 82.6. The Hall–Kier alpha value is -0.355. The first kappa shape index (κ1) is 69.7. The summed E-state index contributed by atoms with van der Waals surface area (Å²) in [6.45, 7) is -9.54. The number of likely N-dealkylation sites (N-methyl/N-ethyl adjacent to an activating group) is 1. The van der Waals surface area contributed by atoms with E-state index in [1.165, 1.54) is 34.9 Å². The number of rotatable bonds is 27. The van der Waals surface area contributed by atoms with E-state index in [2.05, 4.69) is 21.3 Å². The van der Waals surface area contributed by atoms with Crippen molar-refractivity contribution in [1.29, 1.82) is 10.8 Å². The largest absolute Gasteiger partial charge is 0.394 e. The molecule has 5 saturated heterocycles. The van der Waals surface area contributed by atoms with Crippen LogP contribution in [0.3, 0.4) is 0 Å². The van der Waals surface area contributed by atoms with E-state index in [1.54, 1.807) is 15.7 Å². The molecule has 6 aliphatic rings. The zero-order valence-electron chi connectivity index (χ0n) is 45.8. The smallest absolute Gasteiger partial charge is 0.326 e. The van der Waals surface area contributed by atoms with Crippen LogP contribution in [0.5, 0.6) is 0 Å². The monoisotopic (exact) mass is 1280 g/mol. The number of methoxy groups -OCH3 is 1. The van der Waals surface area contributed by atoms with Gasteiger partial charge < -0.3 is 138 Å². The summed E-state index contributed by atoms with van der Waals surface area (Å²) in [5.74, 6) is -1.37. The maximum absolute atomic E-state index is 13.0. The molecule has 466 valence electrons. The third-order valence-corrected chi connectivity index (χ3v) is 19.8. The van der Waals surface area contributed by atoms with Gasteiger partial charge in [0.1, 0.15) is 96.9 Å². The van der Waals surface area contributed by atoms with Gasteiger partial charge in [-0.05, 0) is 82.5 Å². The Morgan fingerprint density at radius 3 is 1.57 bits per heavy atom. The van der Waals surface area contributed by atoms with E-state index >= 15 is 0 Å². The molecule has 0 aromatic rings. The first-order valence-corrected chi connectivity index (χ1v) is 33.8. The second kappa shape index (κ2) is 28.9. The van der Waals surface area contributed by atoms with Crippen molar-refractivity contribution < 1.29 is 115 Å². The van der Waals surface area contributed by atoms with Crippen molar-refractivity contribution in [2.45, 2.75) is 191 Å². The lowest BCUT2D eigenvalue weighted by molar-refractivity contribution is -0.320. The van der Waals surface area contributed by atoms with E-state index in [9.17, 15) is 50.4 Å². The number of hydrogen-bond donors (Lipinski definition) is 18. The number of guanidine groups is 2. The van der Waals surface area contributed by atoms with Crippen molar-refractivity contribution in [1.82, 2.24) is 21.3 Å². The average Bonchev–Trinajstić information content (AvgIpc) is 4.16. The second-order valence-corrected chi connectivity index (χ2v) is 29.8. The predicted molar refractivity (Wildman–Crippen MR) is 302 cm³/mol. The SMILES string of the molecule is BC1CC(OP(O)(=S)OCC2OC(B)CC2OP(O)(=S)OCC2OC(B)CC2OP(O)(=S)OCNC(C)(C)C2(O)C(C)OC(OC3C(O)C(O)C(NC(=N)N)C(O)C3NC(=N)N)C2OC2OC(CO)C(O)C(O)C2NC)C(COC)O1. The highest BCUT2D eigenvalue weighted by Gasteiger charge is 2.66. The summed E-state index contributed by atoms with van der Waals surface area (Å²) in [4.78, 5) is 33.7. The van der Waals surface area contributed by atoms with Crippen LogP contribution in [0.4, 0.5) is 0 Å². The molecule has 27 unspecified atom stereocenters. The highest BCUT2D eigenvalue weighted by Crippen LogP contribution is 2.53. The van der Waals surface area contributed by atoms with Gasteiger partial charge in [-0.2, -0.15) is 0 Å². The van der Waals surface area contributed by atoms with E-state index in [1.807, 2.05) is 7.85 Å². The molecule has 1 aliphatic carbocycles. The summed E-state index contributed by atoms with van der Waals surface area (Å²) in [6, 6.07) is -5.23. The Morgan fingerprint density at radius 2 is 1.11 bits per heavy atom. The lowest BCUT2D eigenvalue weighted by Crippen LogP contribution is -2.74. The number of ether oxygens (including phenoxy) is 8. The fourth-order valence-corrected chi connectivity index (χ4v) is 15.2. The van der Waals surface area contributed by atoms with Crippen molar-refractivity contribution in [3.8, 4) is 0 Å². The molecule has 0 bridgehead atoms. The van der Waals surface area contributed by atoms with E-state index < -0.39 is 185 Å². The number of nitrogens with one attached hydrogen (secondary N) is 6. The van der Waals surface area contributed by atoms with Crippen molar-refractivity contribution in [2.24, 2.45) is 11.5 Å². The number of hydrogen-bond acceptors (Lipinski definition) is 28. The minimum absolute atomic E-state index is 0.151. The molecule has 0 aromatic heterocycles. The normalized spacial score (nSPS) is 43.4. The van der Waals surface area contributed by atoms with Gasteiger partial charge in [0.25, 0.3) is 0 Å². The molecule has 0 aromatic carbocycles. The van der Waals surface area contributed by atoms with Gasteiger partial charge >= 0.3 is 20.2 Å². The zero-order valence-corrected chi connectivity index (χ0v) is 51.0. The number of aliphatic hydroxyl groups is 7. The average molecular weight is 1280 g/mol. The Bertz CT molecular complexity index is 2270. The van der Waals surface area contributed by atoms with Crippen molar-refractivity contribution >= 4 is 91.0 Å². The minimum atomic E-state index is -4.24. The summed E-state index contributed by atoms with van der Waals surface area (Å²) >= 11 is 16.1. The summed E-state index contributed by atoms with van der Waals surface area (Å²) in [7, 11) is 8.30. The maximum atomic E-state index is 13.0. The third-order valence-electron chi connectivity index (χ3n) is 15.1. The van der Waals surface area contributed by atoms with Crippen LogP contribution in [0.25, 0.3) is 0 Å². The van der Waals surface area contributed by atoms with Gasteiger partial charge in [0.05, 0.1) is 75.1 Å². The number of nitrogens with two attached hydrogens (primary N) is 2. The lowest BCUT2D eigenvalue weighted by atomic mass is 9.75. The Kier molecular flexibility index (Phi) is 24.8.